The molecule has 2 amide bonds. The first-order valence-corrected chi connectivity index (χ1v) is 9.42. The monoisotopic (exact) mass is 365 g/mol. The first-order valence-electron chi connectivity index (χ1n) is 9.42. The van der Waals surface area contributed by atoms with Crippen LogP contribution in [0.4, 0.5) is 0 Å². The van der Waals surface area contributed by atoms with Crippen molar-refractivity contribution in [1.82, 2.24) is 15.1 Å². The van der Waals surface area contributed by atoms with Gasteiger partial charge in [-0.25, -0.2) is 0 Å². The fourth-order valence-corrected chi connectivity index (χ4v) is 3.25. The van der Waals surface area contributed by atoms with E-state index in [2.05, 4.69) is 22.3 Å². The number of aryl methyl sites for hydroxylation is 2. The normalized spacial score (nSPS) is 14.8. The second-order valence-corrected chi connectivity index (χ2v) is 7.12. The maximum absolute atomic E-state index is 12.4. The molecule has 1 fully saturated rings. The zero-order valence-corrected chi connectivity index (χ0v) is 16.1. The van der Waals surface area contributed by atoms with Crippen molar-refractivity contribution in [3.05, 3.63) is 70.8 Å². The second kappa shape index (κ2) is 8.82. The molecule has 5 heteroatoms. The zero-order chi connectivity index (χ0) is 19.2. The fourth-order valence-electron chi connectivity index (χ4n) is 3.25. The number of nitrogens with one attached hydrogen (secondary N) is 1. The Labute approximate surface area is 161 Å². The summed E-state index contributed by atoms with van der Waals surface area (Å²) >= 11 is 0. The summed E-state index contributed by atoms with van der Waals surface area (Å²) in [5, 5.41) is 2.75. The van der Waals surface area contributed by atoms with Crippen molar-refractivity contribution in [1.29, 1.82) is 0 Å². The van der Waals surface area contributed by atoms with Gasteiger partial charge in [-0.2, -0.15) is 0 Å². The summed E-state index contributed by atoms with van der Waals surface area (Å²) in [5.41, 5.74) is 4.11. The van der Waals surface area contributed by atoms with Gasteiger partial charge in [0.05, 0.1) is 6.54 Å². The molecular weight excluding hydrogens is 338 g/mol. The number of piperazine rings is 1. The van der Waals surface area contributed by atoms with Crippen LogP contribution >= 0.6 is 0 Å². The van der Waals surface area contributed by atoms with E-state index in [1.54, 1.807) is 6.07 Å². The number of hydrogen-bond donors (Lipinski definition) is 1. The third-order valence-electron chi connectivity index (χ3n) is 5.14. The van der Waals surface area contributed by atoms with E-state index in [4.69, 9.17) is 0 Å². The molecule has 1 aliphatic heterocycles. The van der Waals surface area contributed by atoms with Crippen LogP contribution in [-0.4, -0.2) is 54.3 Å². The van der Waals surface area contributed by atoms with Gasteiger partial charge >= 0.3 is 0 Å². The lowest BCUT2D eigenvalue weighted by Crippen LogP contribution is -2.50. The topological polar surface area (TPSA) is 52.7 Å². The molecule has 0 spiro atoms. The predicted octanol–water partition coefficient (Wildman–Crippen LogP) is 2.38. The Bertz CT molecular complexity index is 796. The highest BCUT2D eigenvalue weighted by molar-refractivity contribution is 5.96. The van der Waals surface area contributed by atoms with Gasteiger partial charge in [-0.3, -0.25) is 14.5 Å². The molecule has 5 nitrogen and oxygen atoms in total. The lowest BCUT2D eigenvalue weighted by Gasteiger charge is -2.34. The summed E-state index contributed by atoms with van der Waals surface area (Å²) in [6.45, 7) is 8.05. The van der Waals surface area contributed by atoms with E-state index in [-0.39, 0.29) is 18.4 Å². The Morgan fingerprint density at radius 3 is 2.30 bits per heavy atom. The molecule has 2 aromatic rings. The van der Waals surface area contributed by atoms with E-state index in [1.807, 2.05) is 49.1 Å². The summed E-state index contributed by atoms with van der Waals surface area (Å²) in [6.07, 6.45) is 0. The zero-order valence-electron chi connectivity index (χ0n) is 16.1. The quantitative estimate of drug-likeness (QED) is 0.885. The summed E-state index contributed by atoms with van der Waals surface area (Å²) in [6, 6.07) is 16.0. The molecule has 1 N–H and O–H groups in total. The minimum atomic E-state index is -0.200. The molecule has 3 rings (SSSR count). The highest BCUT2D eigenvalue weighted by atomic mass is 16.2. The number of carbonyl (C=O) groups is 2. The van der Waals surface area contributed by atoms with Crippen LogP contribution in [-0.2, 0) is 11.3 Å². The van der Waals surface area contributed by atoms with Gasteiger partial charge in [0.2, 0.25) is 5.91 Å². The minimum Gasteiger partial charge on any atom is -0.343 e. The summed E-state index contributed by atoms with van der Waals surface area (Å²) < 4.78 is 0. The van der Waals surface area contributed by atoms with Crippen LogP contribution in [0.25, 0.3) is 0 Å². The van der Waals surface area contributed by atoms with Crippen LogP contribution in [0.1, 0.15) is 27.0 Å². The van der Waals surface area contributed by atoms with Gasteiger partial charge in [-0.05, 0) is 42.7 Å². The maximum atomic E-state index is 12.4. The molecule has 1 aliphatic rings. The molecule has 1 saturated heterocycles. The first kappa shape index (κ1) is 19.1. The molecule has 0 unspecified atom stereocenters. The number of amides is 2. The number of hydrogen-bond acceptors (Lipinski definition) is 3. The van der Waals surface area contributed by atoms with Crippen LogP contribution in [0.3, 0.4) is 0 Å². The average Bonchev–Trinajstić information content (AvgIpc) is 2.69. The number of rotatable bonds is 5. The van der Waals surface area contributed by atoms with Crippen molar-refractivity contribution in [2.75, 3.05) is 32.7 Å². The molecular formula is C22H27N3O2. The van der Waals surface area contributed by atoms with Crippen molar-refractivity contribution in [3.63, 3.8) is 0 Å². The predicted molar refractivity (Wildman–Crippen MR) is 107 cm³/mol. The molecule has 0 bridgehead atoms. The minimum absolute atomic E-state index is 0.0217. The largest absolute Gasteiger partial charge is 0.343 e. The Hall–Kier alpha value is -2.66. The Kier molecular flexibility index (Phi) is 6.24. The van der Waals surface area contributed by atoms with E-state index in [1.165, 1.54) is 5.56 Å². The van der Waals surface area contributed by atoms with Crippen molar-refractivity contribution >= 4 is 11.8 Å². The van der Waals surface area contributed by atoms with E-state index in [0.29, 0.717) is 18.7 Å². The van der Waals surface area contributed by atoms with Gasteiger partial charge in [0.25, 0.3) is 5.91 Å². The van der Waals surface area contributed by atoms with Crippen molar-refractivity contribution < 1.29 is 9.59 Å². The number of carbonyl (C=O) groups excluding carboxylic acids is 2. The van der Waals surface area contributed by atoms with Crippen LogP contribution < -0.4 is 5.32 Å². The van der Waals surface area contributed by atoms with Crippen LogP contribution in [0.15, 0.2) is 48.5 Å². The third kappa shape index (κ3) is 5.17. The van der Waals surface area contributed by atoms with Crippen LogP contribution in [0.5, 0.6) is 0 Å². The number of benzene rings is 2. The molecule has 2 aromatic carbocycles. The van der Waals surface area contributed by atoms with Gasteiger partial charge in [0.1, 0.15) is 0 Å². The number of nitrogens with zero attached hydrogens (tertiary/aromatic N) is 2. The maximum Gasteiger partial charge on any atom is 0.251 e. The van der Waals surface area contributed by atoms with E-state index >= 15 is 0 Å². The smallest absolute Gasteiger partial charge is 0.251 e. The Morgan fingerprint density at radius 1 is 0.926 bits per heavy atom. The van der Waals surface area contributed by atoms with Gasteiger partial charge in [0, 0.05) is 38.3 Å². The SMILES string of the molecule is Cc1ccc(C(=O)NCC(=O)N2CCN(Cc3ccccc3)CC2)cc1C. The van der Waals surface area contributed by atoms with Crippen LogP contribution in [0, 0.1) is 13.8 Å². The van der Waals surface area contributed by atoms with E-state index in [0.717, 1.165) is 30.8 Å². The van der Waals surface area contributed by atoms with Crippen molar-refractivity contribution in [3.8, 4) is 0 Å². The molecule has 0 aliphatic carbocycles. The molecule has 0 atom stereocenters. The molecule has 0 radical (unpaired) electrons. The highest BCUT2D eigenvalue weighted by Gasteiger charge is 2.21. The van der Waals surface area contributed by atoms with Gasteiger partial charge < -0.3 is 10.2 Å². The van der Waals surface area contributed by atoms with Gasteiger partial charge in [-0.15, -0.1) is 0 Å². The fraction of sp³-hybridized carbons (Fsp3) is 0.364. The third-order valence-corrected chi connectivity index (χ3v) is 5.14. The lowest BCUT2D eigenvalue weighted by molar-refractivity contribution is -0.131. The van der Waals surface area contributed by atoms with Gasteiger partial charge in [-0.1, -0.05) is 36.4 Å². The second-order valence-electron chi connectivity index (χ2n) is 7.12. The first-order chi connectivity index (χ1) is 13.0. The summed E-state index contributed by atoms with van der Waals surface area (Å²) in [4.78, 5) is 28.9. The Balaban J connectivity index is 1.44. The molecule has 1 heterocycles. The van der Waals surface area contributed by atoms with Crippen molar-refractivity contribution in [2.45, 2.75) is 20.4 Å². The molecule has 0 aromatic heterocycles. The molecule has 0 saturated carbocycles. The average molecular weight is 365 g/mol. The van der Waals surface area contributed by atoms with Crippen LogP contribution in [0.2, 0.25) is 0 Å². The standard InChI is InChI=1S/C22H27N3O2/c1-17-8-9-20(14-18(17)2)22(27)23-15-21(26)25-12-10-24(11-13-25)16-19-6-4-3-5-7-19/h3-9,14H,10-13,15-16H2,1-2H3,(H,23,27). The van der Waals surface area contributed by atoms with Gasteiger partial charge in [0.15, 0.2) is 0 Å². The van der Waals surface area contributed by atoms with Crippen molar-refractivity contribution in [2.24, 2.45) is 0 Å². The Morgan fingerprint density at radius 2 is 1.63 bits per heavy atom. The summed E-state index contributed by atoms with van der Waals surface area (Å²) in [5.74, 6) is -0.222. The van der Waals surface area contributed by atoms with E-state index in [9.17, 15) is 9.59 Å². The highest BCUT2D eigenvalue weighted by Crippen LogP contribution is 2.10. The summed E-state index contributed by atoms with van der Waals surface area (Å²) in [7, 11) is 0. The van der Waals surface area contributed by atoms with E-state index < -0.39 is 0 Å². The molecule has 142 valence electrons. The lowest BCUT2D eigenvalue weighted by atomic mass is 10.1. The molecule has 27 heavy (non-hydrogen) atoms.